The van der Waals surface area contributed by atoms with Crippen molar-refractivity contribution in [2.45, 2.75) is 45.6 Å². The first-order valence-corrected chi connectivity index (χ1v) is 7.40. The van der Waals surface area contributed by atoms with E-state index in [4.69, 9.17) is 0 Å². The third-order valence-corrected chi connectivity index (χ3v) is 4.33. The predicted molar refractivity (Wildman–Crippen MR) is 73.9 cm³/mol. The summed E-state index contributed by atoms with van der Waals surface area (Å²) >= 11 is 0. The zero-order chi connectivity index (χ0) is 14.7. The monoisotopic (exact) mass is 285 g/mol. The van der Waals surface area contributed by atoms with Gasteiger partial charge in [-0.1, -0.05) is 26.7 Å². The van der Waals surface area contributed by atoms with Crippen molar-refractivity contribution in [2.75, 3.05) is 6.54 Å². The molecule has 0 heterocycles. The zero-order valence-corrected chi connectivity index (χ0v) is 12.1. The van der Waals surface area contributed by atoms with Gasteiger partial charge in [0.05, 0.1) is 0 Å². The Labute approximate surface area is 118 Å². The standard InChI is InChI=1S/C16H22F3N/c1-3-20-16(11-6-4-10(2)5-7-11)12-8-14(18)15(19)9-13(12)17/h8-11,16,20H,3-7H2,1-2H3. The molecule has 1 fully saturated rings. The van der Waals surface area contributed by atoms with Gasteiger partial charge in [-0.15, -0.1) is 0 Å². The molecule has 0 aromatic heterocycles. The van der Waals surface area contributed by atoms with Crippen LogP contribution in [-0.4, -0.2) is 6.54 Å². The maximum absolute atomic E-state index is 14.0. The number of halogens is 3. The second-order valence-electron chi connectivity index (χ2n) is 5.84. The van der Waals surface area contributed by atoms with E-state index >= 15 is 0 Å². The summed E-state index contributed by atoms with van der Waals surface area (Å²) in [4.78, 5) is 0. The normalized spacial score (nSPS) is 24.6. The van der Waals surface area contributed by atoms with Crippen LogP contribution >= 0.6 is 0 Å². The van der Waals surface area contributed by atoms with E-state index in [1.165, 1.54) is 0 Å². The van der Waals surface area contributed by atoms with Crippen molar-refractivity contribution in [1.82, 2.24) is 5.32 Å². The van der Waals surface area contributed by atoms with Gasteiger partial charge >= 0.3 is 0 Å². The highest BCUT2D eigenvalue weighted by Gasteiger charge is 2.29. The quantitative estimate of drug-likeness (QED) is 0.798. The molecule has 1 aromatic carbocycles. The molecule has 1 nitrogen and oxygen atoms in total. The Morgan fingerprint density at radius 1 is 1.05 bits per heavy atom. The number of benzene rings is 1. The van der Waals surface area contributed by atoms with Gasteiger partial charge < -0.3 is 5.32 Å². The second kappa shape index (κ2) is 6.61. The average Bonchev–Trinajstić information content (AvgIpc) is 2.42. The topological polar surface area (TPSA) is 12.0 Å². The second-order valence-corrected chi connectivity index (χ2v) is 5.84. The van der Waals surface area contributed by atoms with Crippen LogP contribution in [0.25, 0.3) is 0 Å². The van der Waals surface area contributed by atoms with E-state index in [9.17, 15) is 13.2 Å². The lowest BCUT2D eigenvalue weighted by Gasteiger charge is -2.33. The van der Waals surface area contributed by atoms with E-state index in [0.29, 0.717) is 18.5 Å². The molecule has 1 atom stereocenters. The molecule has 0 spiro atoms. The van der Waals surface area contributed by atoms with Gasteiger partial charge in [0.25, 0.3) is 0 Å². The van der Waals surface area contributed by atoms with Crippen molar-refractivity contribution in [2.24, 2.45) is 11.8 Å². The summed E-state index contributed by atoms with van der Waals surface area (Å²) in [6, 6.07) is 1.43. The van der Waals surface area contributed by atoms with Crippen LogP contribution in [0, 0.1) is 29.3 Å². The Morgan fingerprint density at radius 3 is 2.25 bits per heavy atom. The highest BCUT2D eigenvalue weighted by molar-refractivity contribution is 5.24. The van der Waals surface area contributed by atoms with Crippen LogP contribution in [0.5, 0.6) is 0 Å². The summed E-state index contributed by atoms with van der Waals surface area (Å²) < 4.78 is 40.5. The molecule has 0 saturated heterocycles. The largest absolute Gasteiger partial charge is 0.310 e. The van der Waals surface area contributed by atoms with Gasteiger partial charge in [-0.05, 0) is 37.3 Å². The molecule has 1 aliphatic rings. The molecule has 1 N–H and O–H groups in total. The number of rotatable bonds is 4. The molecule has 0 amide bonds. The third kappa shape index (κ3) is 3.35. The van der Waals surface area contributed by atoms with E-state index in [0.717, 1.165) is 31.7 Å². The SMILES string of the molecule is CCNC(c1cc(F)c(F)cc1F)C1CCC(C)CC1. The molecule has 4 heteroatoms. The molecule has 0 bridgehead atoms. The van der Waals surface area contributed by atoms with E-state index in [2.05, 4.69) is 12.2 Å². The van der Waals surface area contributed by atoms with Gasteiger partial charge in [0, 0.05) is 17.7 Å². The van der Waals surface area contributed by atoms with Crippen LogP contribution in [0.3, 0.4) is 0 Å². The summed E-state index contributed by atoms with van der Waals surface area (Å²) in [5.41, 5.74) is 0.255. The van der Waals surface area contributed by atoms with Crippen LogP contribution in [0.2, 0.25) is 0 Å². The van der Waals surface area contributed by atoms with Crippen LogP contribution in [0.15, 0.2) is 12.1 Å². The predicted octanol–water partition coefficient (Wildman–Crippen LogP) is 4.58. The first-order chi connectivity index (χ1) is 9.52. The lowest BCUT2D eigenvalue weighted by atomic mass is 9.77. The summed E-state index contributed by atoms with van der Waals surface area (Å²) in [7, 11) is 0. The minimum Gasteiger partial charge on any atom is -0.310 e. The van der Waals surface area contributed by atoms with Gasteiger partial charge in [-0.2, -0.15) is 0 Å². The van der Waals surface area contributed by atoms with Crippen molar-refractivity contribution in [3.05, 3.63) is 35.1 Å². The molecule has 1 aliphatic carbocycles. The zero-order valence-electron chi connectivity index (χ0n) is 12.1. The summed E-state index contributed by atoms with van der Waals surface area (Å²) in [6.07, 6.45) is 4.21. The highest BCUT2D eigenvalue weighted by Crippen LogP contribution is 2.37. The first-order valence-electron chi connectivity index (χ1n) is 7.40. The molecule has 112 valence electrons. The van der Waals surface area contributed by atoms with Gasteiger partial charge in [-0.3, -0.25) is 0 Å². The van der Waals surface area contributed by atoms with Crippen LogP contribution in [0.4, 0.5) is 13.2 Å². The molecule has 1 aromatic rings. The highest BCUT2D eigenvalue weighted by atomic mass is 19.2. The van der Waals surface area contributed by atoms with E-state index in [-0.39, 0.29) is 17.5 Å². The number of hydrogen-bond donors (Lipinski definition) is 1. The van der Waals surface area contributed by atoms with Crippen molar-refractivity contribution in [3.8, 4) is 0 Å². The first kappa shape index (κ1) is 15.4. The van der Waals surface area contributed by atoms with Crippen LogP contribution < -0.4 is 5.32 Å². The van der Waals surface area contributed by atoms with Crippen molar-refractivity contribution in [3.63, 3.8) is 0 Å². The van der Waals surface area contributed by atoms with Crippen molar-refractivity contribution in [1.29, 1.82) is 0 Å². The fourth-order valence-corrected chi connectivity index (χ4v) is 3.15. The molecule has 0 aliphatic heterocycles. The molecule has 0 radical (unpaired) electrons. The molecule has 20 heavy (non-hydrogen) atoms. The number of hydrogen-bond acceptors (Lipinski definition) is 1. The Balaban J connectivity index is 2.26. The third-order valence-electron chi connectivity index (χ3n) is 4.33. The van der Waals surface area contributed by atoms with Crippen LogP contribution in [-0.2, 0) is 0 Å². The summed E-state index contributed by atoms with van der Waals surface area (Å²) in [5, 5.41) is 3.24. The Bertz CT molecular complexity index is 453. The van der Waals surface area contributed by atoms with Crippen molar-refractivity contribution >= 4 is 0 Å². The fraction of sp³-hybridized carbons (Fsp3) is 0.625. The smallest absolute Gasteiger partial charge is 0.161 e. The average molecular weight is 285 g/mol. The maximum atomic E-state index is 14.0. The van der Waals surface area contributed by atoms with Gasteiger partial charge in [-0.25, -0.2) is 13.2 Å². The van der Waals surface area contributed by atoms with Gasteiger partial charge in [0.1, 0.15) is 5.82 Å². The molecular formula is C16H22F3N. The molecule has 1 saturated carbocycles. The molecule has 2 rings (SSSR count). The molecular weight excluding hydrogens is 263 g/mol. The Morgan fingerprint density at radius 2 is 1.65 bits per heavy atom. The maximum Gasteiger partial charge on any atom is 0.161 e. The lowest BCUT2D eigenvalue weighted by Crippen LogP contribution is -2.31. The van der Waals surface area contributed by atoms with Crippen molar-refractivity contribution < 1.29 is 13.2 Å². The lowest BCUT2D eigenvalue weighted by molar-refractivity contribution is 0.229. The number of nitrogens with one attached hydrogen (secondary N) is 1. The molecule has 1 unspecified atom stereocenters. The van der Waals surface area contributed by atoms with E-state index < -0.39 is 17.5 Å². The minimum absolute atomic E-state index is 0.234. The minimum atomic E-state index is -1.13. The Kier molecular flexibility index (Phi) is 5.08. The van der Waals surface area contributed by atoms with E-state index in [1.54, 1.807) is 0 Å². The Hall–Kier alpha value is -1.03. The van der Waals surface area contributed by atoms with E-state index in [1.807, 2.05) is 6.92 Å². The van der Waals surface area contributed by atoms with Gasteiger partial charge in [0.15, 0.2) is 11.6 Å². The fourth-order valence-electron chi connectivity index (χ4n) is 3.15. The summed E-state index contributed by atoms with van der Waals surface area (Å²) in [6.45, 7) is 4.84. The van der Waals surface area contributed by atoms with Crippen LogP contribution in [0.1, 0.15) is 51.1 Å². The summed E-state index contributed by atoms with van der Waals surface area (Å²) in [5.74, 6) is -1.78. The van der Waals surface area contributed by atoms with Gasteiger partial charge in [0.2, 0.25) is 0 Å².